The highest BCUT2D eigenvalue weighted by Gasteiger charge is 2.46. The van der Waals surface area contributed by atoms with Gasteiger partial charge in [-0.25, -0.2) is 13.8 Å². The van der Waals surface area contributed by atoms with Crippen LogP contribution in [0.5, 0.6) is 5.88 Å². The Hall–Kier alpha value is -3.01. The van der Waals surface area contributed by atoms with Crippen LogP contribution in [-0.4, -0.2) is 40.9 Å². The van der Waals surface area contributed by atoms with Crippen molar-refractivity contribution in [2.45, 2.75) is 32.8 Å². The highest BCUT2D eigenvalue weighted by atomic mass is 19.3. The van der Waals surface area contributed by atoms with Crippen molar-refractivity contribution in [3.63, 3.8) is 0 Å². The summed E-state index contributed by atoms with van der Waals surface area (Å²) in [7, 11) is 0. The average Bonchev–Trinajstić information content (AvgIpc) is 2.57. The number of pyridine rings is 1. The zero-order valence-electron chi connectivity index (χ0n) is 15.3. The summed E-state index contributed by atoms with van der Waals surface area (Å²) in [5.41, 5.74) is 2.43. The number of rotatable bonds is 4. The van der Waals surface area contributed by atoms with Crippen molar-refractivity contribution < 1.29 is 18.3 Å². The predicted octanol–water partition coefficient (Wildman–Crippen LogP) is 3.81. The van der Waals surface area contributed by atoms with Gasteiger partial charge in [-0.1, -0.05) is 6.07 Å². The Morgan fingerprint density at radius 1 is 1.30 bits per heavy atom. The van der Waals surface area contributed by atoms with E-state index in [1.165, 1.54) is 6.07 Å². The van der Waals surface area contributed by atoms with E-state index in [1.54, 1.807) is 31.2 Å². The van der Waals surface area contributed by atoms with Gasteiger partial charge in [0.2, 0.25) is 5.88 Å². The molecule has 1 amide bonds. The number of nitriles is 1. The minimum Gasteiger partial charge on any atom is -0.475 e. The van der Waals surface area contributed by atoms with Gasteiger partial charge in [0.25, 0.3) is 11.8 Å². The predicted molar refractivity (Wildman–Crippen MR) is 95.7 cm³/mol. The summed E-state index contributed by atoms with van der Waals surface area (Å²) in [6.07, 6.45) is -0.0717. The number of aryl methyl sites for hydroxylation is 1. The molecule has 5 nitrogen and oxygen atoms in total. The molecule has 27 heavy (non-hydrogen) atoms. The summed E-state index contributed by atoms with van der Waals surface area (Å²) in [6.45, 7) is 4.34. The molecule has 0 N–H and O–H groups in total. The zero-order chi connectivity index (χ0) is 19.8. The summed E-state index contributed by atoms with van der Waals surface area (Å²) >= 11 is 0. The lowest BCUT2D eigenvalue weighted by molar-refractivity contribution is -0.113. The van der Waals surface area contributed by atoms with Gasteiger partial charge in [-0.2, -0.15) is 5.26 Å². The summed E-state index contributed by atoms with van der Waals surface area (Å²) in [5.74, 6) is -2.96. The first-order chi connectivity index (χ1) is 12.7. The fourth-order valence-electron chi connectivity index (χ4n) is 2.96. The van der Waals surface area contributed by atoms with Crippen molar-refractivity contribution in [1.29, 1.82) is 5.26 Å². The maximum Gasteiger partial charge on any atom is 0.282 e. The minimum absolute atomic E-state index is 0.0717. The molecule has 1 saturated heterocycles. The van der Waals surface area contributed by atoms with E-state index in [0.29, 0.717) is 28.3 Å². The van der Waals surface area contributed by atoms with Crippen LogP contribution in [0.3, 0.4) is 0 Å². The van der Waals surface area contributed by atoms with E-state index in [1.807, 2.05) is 19.9 Å². The molecule has 3 rings (SSSR count). The lowest BCUT2D eigenvalue weighted by Crippen LogP contribution is -2.58. The van der Waals surface area contributed by atoms with Gasteiger partial charge in [0.05, 0.1) is 30.8 Å². The van der Waals surface area contributed by atoms with Crippen LogP contribution in [0.25, 0.3) is 11.1 Å². The van der Waals surface area contributed by atoms with E-state index < -0.39 is 24.9 Å². The lowest BCUT2D eigenvalue weighted by Gasteiger charge is -2.39. The first-order valence-electron chi connectivity index (χ1n) is 8.55. The first-order valence-corrected chi connectivity index (χ1v) is 8.55. The Morgan fingerprint density at radius 2 is 2.00 bits per heavy atom. The lowest BCUT2D eigenvalue weighted by atomic mass is 9.95. The second-order valence-electron chi connectivity index (χ2n) is 6.89. The van der Waals surface area contributed by atoms with Crippen LogP contribution < -0.4 is 4.74 Å². The van der Waals surface area contributed by atoms with Crippen molar-refractivity contribution in [2.24, 2.45) is 0 Å². The van der Waals surface area contributed by atoms with E-state index in [4.69, 9.17) is 10.00 Å². The van der Waals surface area contributed by atoms with Gasteiger partial charge in [0, 0.05) is 17.3 Å². The summed E-state index contributed by atoms with van der Waals surface area (Å²) < 4.78 is 32.0. The van der Waals surface area contributed by atoms with Crippen LogP contribution in [0, 0.1) is 18.3 Å². The van der Waals surface area contributed by atoms with Crippen molar-refractivity contribution >= 4 is 5.91 Å². The fourth-order valence-corrected chi connectivity index (χ4v) is 2.96. The third kappa shape index (κ3) is 4.05. The third-order valence-corrected chi connectivity index (χ3v) is 4.11. The summed E-state index contributed by atoms with van der Waals surface area (Å²) in [6, 6.07) is 10.2. The van der Waals surface area contributed by atoms with Crippen molar-refractivity contribution in [1.82, 2.24) is 9.88 Å². The molecule has 0 atom stereocenters. The van der Waals surface area contributed by atoms with Crippen LogP contribution in [0.4, 0.5) is 8.78 Å². The summed E-state index contributed by atoms with van der Waals surface area (Å²) in [5, 5.41) is 9.16. The molecule has 1 aliphatic heterocycles. The Morgan fingerprint density at radius 3 is 2.59 bits per heavy atom. The number of alkyl halides is 2. The Balaban J connectivity index is 2.05. The number of nitrogens with zero attached hydrogens (tertiary/aromatic N) is 3. The van der Waals surface area contributed by atoms with Gasteiger partial charge in [0.15, 0.2) is 0 Å². The van der Waals surface area contributed by atoms with Gasteiger partial charge < -0.3 is 9.64 Å². The molecule has 2 aromatic rings. The molecular weight excluding hydrogens is 352 g/mol. The largest absolute Gasteiger partial charge is 0.475 e. The highest BCUT2D eigenvalue weighted by Crippen LogP contribution is 2.33. The molecule has 1 aromatic carbocycles. The normalized spacial score (nSPS) is 15.2. The smallest absolute Gasteiger partial charge is 0.282 e. The molecule has 1 fully saturated rings. The highest BCUT2D eigenvalue weighted by molar-refractivity contribution is 6.01. The molecule has 140 valence electrons. The zero-order valence-corrected chi connectivity index (χ0v) is 15.3. The maximum absolute atomic E-state index is 13.2. The van der Waals surface area contributed by atoms with Gasteiger partial charge in [-0.15, -0.1) is 0 Å². The topological polar surface area (TPSA) is 66.2 Å². The quantitative estimate of drug-likeness (QED) is 0.820. The average molecular weight is 371 g/mol. The molecular formula is C20H19F2N3O2. The van der Waals surface area contributed by atoms with E-state index in [0.717, 1.165) is 4.90 Å². The number of hydrogen-bond acceptors (Lipinski definition) is 4. The number of aromatic nitrogens is 1. The standard InChI is InChI=1S/C20H19F2N3O2/c1-12(2)27-18-8-15(6-13(3)24-18)16-5-4-14(9-23)7-17(16)19(26)25-10-20(21,22)11-25/h4-8,12H,10-11H2,1-3H3. The van der Waals surface area contributed by atoms with Crippen molar-refractivity contribution in [2.75, 3.05) is 13.1 Å². The van der Waals surface area contributed by atoms with Gasteiger partial charge in [-0.3, -0.25) is 4.79 Å². The van der Waals surface area contributed by atoms with E-state index in [-0.39, 0.29) is 11.7 Å². The van der Waals surface area contributed by atoms with Crippen LogP contribution in [0.2, 0.25) is 0 Å². The Bertz CT molecular complexity index is 927. The van der Waals surface area contributed by atoms with E-state index >= 15 is 0 Å². The number of hydrogen-bond donors (Lipinski definition) is 0. The van der Waals surface area contributed by atoms with E-state index in [2.05, 4.69) is 4.98 Å². The molecule has 1 aromatic heterocycles. The number of benzene rings is 1. The van der Waals surface area contributed by atoms with Crippen LogP contribution in [0.15, 0.2) is 30.3 Å². The maximum atomic E-state index is 13.2. The van der Waals surface area contributed by atoms with Crippen LogP contribution in [0.1, 0.15) is 35.5 Å². The molecule has 2 heterocycles. The number of carbonyl (C=O) groups excluding carboxylic acids is 1. The number of ether oxygens (including phenoxy) is 1. The SMILES string of the molecule is Cc1cc(-c2ccc(C#N)cc2C(=O)N2CC(F)(F)C2)cc(OC(C)C)n1. The molecule has 0 bridgehead atoms. The number of amides is 1. The summed E-state index contributed by atoms with van der Waals surface area (Å²) in [4.78, 5) is 18.2. The Kier molecular flexibility index (Phi) is 4.83. The number of likely N-dealkylation sites (tertiary alicyclic amines) is 1. The van der Waals surface area contributed by atoms with Gasteiger partial charge in [0.1, 0.15) is 0 Å². The monoisotopic (exact) mass is 371 g/mol. The fraction of sp³-hybridized carbons (Fsp3) is 0.350. The van der Waals surface area contributed by atoms with Gasteiger partial charge in [-0.05, 0) is 50.1 Å². The molecule has 0 saturated carbocycles. The molecule has 0 unspecified atom stereocenters. The second-order valence-corrected chi connectivity index (χ2v) is 6.89. The Labute approximate surface area is 156 Å². The molecule has 7 heteroatoms. The van der Waals surface area contributed by atoms with E-state index in [9.17, 15) is 13.6 Å². The van der Waals surface area contributed by atoms with Crippen LogP contribution >= 0.6 is 0 Å². The molecule has 0 spiro atoms. The minimum atomic E-state index is -2.85. The number of halogens is 2. The second kappa shape index (κ2) is 6.95. The third-order valence-electron chi connectivity index (χ3n) is 4.11. The van der Waals surface area contributed by atoms with Crippen molar-refractivity contribution in [3.8, 4) is 23.1 Å². The molecule has 0 aliphatic carbocycles. The molecule has 0 radical (unpaired) electrons. The molecule has 1 aliphatic rings. The number of carbonyl (C=O) groups is 1. The van der Waals surface area contributed by atoms with Crippen LogP contribution in [-0.2, 0) is 0 Å². The van der Waals surface area contributed by atoms with Crippen molar-refractivity contribution in [3.05, 3.63) is 47.2 Å². The first kappa shape index (κ1) is 18.8. The van der Waals surface area contributed by atoms with Gasteiger partial charge >= 0.3 is 0 Å².